The van der Waals surface area contributed by atoms with Crippen LogP contribution in [0.15, 0.2) is 0 Å². The van der Waals surface area contributed by atoms with Crippen LogP contribution in [0.3, 0.4) is 0 Å². The van der Waals surface area contributed by atoms with Crippen LogP contribution in [0, 0.1) is 0 Å². The molecule has 0 aromatic carbocycles. The molecule has 0 aliphatic heterocycles. The van der Waals surface area contributed by atoms with Crippen molar-refractivity contribution in [1.82, 2.24) is 0 Å². The van der Waals surface area contributed by atoms with Crippen molar-refractivity contribution in [2.75, 3.05) is 0 Å². The first-order valence-electron chi connectivity index (χ1n) is 6.44. The minimum atomic E-state index is -0.0279. The van der Waals surface area contributed by atoms with Crippen LogP contribution in [-0.2, 0) is 9.53 Å². The molecule has 2 heteroatoms. The zero-order chi connectivity index (χ0) is 11.5. The Morgan fingerprint density at radius 1 is 1.07 bits per heavy atom. The van der Waals surface area contributed by atoms with Crippen LogP contribution in [0.5, 0.6) is 0 Å². The Hall–Kier alpha value is -0.530. The molecule has 15 heavy (non-hydrogen) atoms. The molecule has 0 rings (SSSR count). The SMILES string of the molecule is CCCCCC[C@H](CC)OC(=O)CCC. The van der Waals surface area contributed by atoms with Gasteiger partial charge in [-0.25, -0.2) is 0 Å². The first-order valence-corrected chi connectivity index (χ1v) is 6.44. The molecule has 0 radical (unpaired) electrons. The summed E-state index contributed by atoms with van der Waals surface area (Å²) in [6, 6.07) is 0. The number of unbranched alkanes of at least 4 members (excludes halogenated alkanes) is 3. The van der Waals surface area contributed by atoms with Gasteiger partial charge in [-0.3, -0.25) is 4.79 Å². The highest BCUT2D eigenvalue weighted by atomic mass is 16.5. The molecule has 0 heterocycles. The van der Waals surface area contributed by atoms with Crippen molar-refractivity contribution in [3.8, 4) is 0 Å². The zero-order valence-corrected chi connectivity index (χ0v) is 10.6. The number of esters is 1. The highest BCUT2D eigenvalue weighted by Crippen LogP contribution is 2.12. The molecule has 2 nitrogen and oxygen atoms in total. The first kappa shape index (κ1) is 14.5. The lowest BCUT2D eigenvalue weighted by Crippen LogP contribution is -2.17. The second-order valence-electron chi connectivity index (χ2n) is 4.12. The van der Waals surface area contributed by atoms with Gasteiger partial charge in [-0.1, -0.05) is 40.0 Å². The van der Waals surface area contributed by atoms with E-state index >= 15 is 0 Å². The molecular formula is C13H26O2. The fourth-order valence-electron chi connectivity index (χ4n) is 1.59. The maximum Gasteiger partial charge on any atom is 0.306 e. The van der Waals surface area contributed by atoms with Gasteiger partial charge >= 0.3 is 5.97 Å². The third-order valence-corrected chi connectivity index (χ3v) is 2.59. The average molecular weight is 214 g/mol. The van der Waals surface area contributed by atoms with Crippen LogP contribution in [-0.4, -0.2) is 12.1 Å². The van der Waals surface area contributed by atoms with Crippen LogP contribution >= 0.6 is 0 Å². The number of hydrogen-bond donors (Lipinski definition) is 0. The van der Waals surface area contributed by atoms with Gasteiger partial charge in [-0.2, -0.15) is 0 Å². The monoisotopic (exact) mass is 214 g/mol. The average Bonchev–Trinajstić information content (AvgIpc) is 2.23. The number of rotatable bonds is 9. The Balaban J connectivity index is 3.58. The lowest BCUT2D eigenvalue weighted by Gasteiger charge is -2.15. The van der Waals surface area contributed by atoms with Crippen molar-refractivity contribution < 1.29 is 9.53 Å². The zero-order valence-electron chi connectivity index (χ0n) is 10.6. The molecule has 0 saturated carbocycles. The normalized spacial score (nSPS) is 12.5. The van der Waals surface area contributed by atoms with Gasteiger partial charge in [0.25, 0.3) is 0 Å². The topological polar surface area (TPSA) is 26.3 Å². The Kier molecular flexibility index (Phi) is 9.65. The third-order valence-electron chi connectivity index (χ3n) is 2.59. The van der Waals surface area contributed by atoms with Crippen LogP contribution in [0.4, 0.5) is 0 Å². The molecule has 0 N–H and O–H groups in total. The van der Waals surface area contributed by atoms with Crippen LogP contribution in [0.1, 0.15) is 72.1 Å². The molecule has 0 aromatic rings. The van der Waals surface area contributed by atoms with Crippen LogP contribution < -0.4 is 0 Å². The largest absolute Gasteiger partial charge is 0.462 e. The summed E-state index contributed by atoms with van der Waals surface area (Å²) in [6.45, 7) is 6.30. The van der Waals surface area contributed by atoms with Gasteiger partial charge in [0.15, 0.2) is 0 Å². The molecule has 0 spiro atoms. The summed E-state index contributed by atoms with van der Waals surface area (Å²) in [4.78, 5) is 11.3. The number of hydrogen-bond acceptors (Lipinski definition) is 2. The standard InChI is InChI=1S/C13H26O2/c1-4-7-8-9-11-12(6-3)15-13(14)10-5-2/h12H,4-11H2,1-3H3/t12-/m0/s1. The third kappa shape index (κ3) is 8.46. The van der Waals surface area contributed by atoms with E-state index in [1.54, 1.807) is 0 Å². The molecular weight excluding hydrogens is 188 g/mol. The van der Waals surface area contributed by atoms with Gasteiger partial charge in [0.1, 0.15) is 6.10 Å². The second-order valence-corrected chi connectivity index (χ2v) is 4.12. The smallest absolute Gasteiger partial charge is 0.306 e. The van der Waals surface area contributed by atoms with E-state index in [-0.39, 0.29) is 12.1 Å². The van der Waals surface area contributed by atoms with E-state index in [0.29, 0.717) is 6.42 Å². The molecule has 0 aromatic heterocycles. The lowest BCUT2D eigenvalue weighted by atomic mass is 10.1. The fraction of sp³-hybridized carbons (Fsp3) is 0.923. The molecule has 0 bridgehead atoms. The Morgan fingerprint density at radius 3 is 2.33 bits per heavy atom. The predicted octanol–water partition coefficient (Wildman–Crippen LogP) is 4.08. The highest BCUT2D eigenvalue weighted by Gasteiger charge is 2.10. The lowest BCUT2D eigenvalue weighted by molar-refractivity contribution is -0.149. The van der Waals surface area contributed by atoms with Gasteiger partial charge in [-0.15, -0.1) is 0 Å². The summed E-state index contributed by atoms with van der Waals surface area (Å²) in [5.74, 6) is -0.0279. The molecule has 0 fully saturated rings. The van der Waals surface area contributed by atoms with E-state index in [1.165, 1.54) is 25.7 Å². The van der Waals surface area contributed by atoms with Gasteiger partial charge in [0.05, 0.1) is 0 Å². The highest BCUT2D eigenvalue weighted by molar-refractivity contribution is 5.69. The Labute approximate surface area is 94.4 Å². The summed E-state index contributed by atoms with van der Waals surface area (Å²) in [7, 11) is 0. The summed E-state index contributed by atoms with van der Waals surface area (Å²) < 4.78 is 5.38. The summed E-state index contributed by atoms with van der Waals surface area (Å²) >= 11 is 0. The van der Waals surface area contributed by atoms with Crippen molar-refractivity contribution in [3.63, 3.8) is 0 Å². The van der Waals surface area contributed by atoms with Gasteiger partial charge in [-0.05, 0) is 25.7 Å². The minimum absolute atomic E-state index is 0.0279. The second kappa shape index (κ2) is 10.0. The molecule has 0 aliphatic rings. The predicted molar refractivity (Wildman–Crippen MR) is 63.8 cm³/mol. The molecule has 0 aliphatic carbocycles. The van der Waals surface area contributed by atoms with E-state index in [1.807, 2.05) is 6.92 Å². The van der Waals surface area contributed by atoms with E-state index < -0.39 is 0 Å². The van der Waals surface area contributed by atoms with Gasteiger partial charge in [0, 0.05) is 6.42 Å². The van der Waals surface area contributed by atoms with E-state index in [9.17, 15) is 4.79 Å². The molecule has 0 amide bonds. The molecule has 0 saturated heterocycles. The first-order chi connectivity index (χ1) is 7.24. The van der Waals surface area contributed by atoms with E-state index in [2.05, 4.69) is 13.8 Å². The van der Waals surface area contributed by atoms with Crippen molar-refractivity contribution in [3.05, 3.63) is 0 Å². The Bertz CT molecular complexity index is 155. The Morgan fingerprint density at radius 2 is 1.80 bits per heavy atom. The number of carbonyl (C=O) groups excluding carboxylic acids is 1. The number of ether oxygens (including phenoxy) is 1. The van der Waals surface area contributed by atoms with Crippen molar-refractivity contribution >= 4 is 5.97 Å². The van der Waals surface area contributed by atoms with Crippen LogP contribution in [0.25, 0.3) is 0 Å². The van der Waals surface area contributed by atoms with E-state index in [0.717, 1.165) is 19.3 Å². The van der Waals surface area contributed by atoms with Crippen LogP contribution in [0.2, 0.25) is 0 Å². The summed E-state index contributed by atoms with van der Waals surface area (Å²) in [5, 5.41) is 0. The van der Waals surface area contributed by atoms with Crippen molar-refractivity contribution in [1.29, 1.82) is 0 Å². The summed E-state index contributed by atoms with van der Waals surface area (Å²) in [6.07, 6.45) is 8.57. The molecule has 0 unspecified atom stereocenters. The van der Waals surface area contributed by atoms with Crippen molar-refractivity contribution in [2.45, 2.75) is 78.2 Å². The van der Waals surface area contributed by atoms with Gasteiger partial charge in [0.2, 0.25) is 0 Å². The number of carbonyl (C=O) groups is 1. The molecule has 90 valence electrons. The summed E-state index contributed by atoms with van der Waals surface area (Å²) in [5.41, 5.74) is 0. The fourth-order valence-corrected chi connectivity index (χ4v) is 1.59. The quantitative estimate of drug-likeness (QED) is 0.427. The van der Waals surface area contributed by atoms with Crippen molar-refractivity contribution in [2.24, 2.45) is 0 Å². The van der Waals surface area contributed by atoms with Gasteiger partial charge < -0.3 is 4.74 Å². The maximum absolute atomic E-state index is 11.3. The minimum Gasteiger partial charge on any atom is -0.462 e. The molecule has 1 atom stereocenters. The van der Waals surface area contributed by atoms with E-state index in [4.69, 9.17) is 4.74 Å². The maximum atomic E-state index is 11.3.